The van der Waals surface area contributed by atoms with Gasteiger partial charge in [-0.3, -0.25) is 0 Å². The lowest BCUT2D eigenvalue weighted by atomic mass is 10.1. The van der Waals surface area contributed by atoms with E-state index in [0.717, 1.165) is 16.8 Å². The van der Waals surface area contributed by atoms with Crippen LogP contribution in [0.15, 0.2) is 35.5 Å². The normalized spacial score (nSPS) is 11.4. The molecule has 0 saturated heterocycles. The molecule has 0 radical (unpaired) electrons. The number of nitrogens with two attached hydrogens (primary N) is 1. The van der Waals surface area contributed by atoms with E-state index >= 15 is 0 Å². The van der Waals surface area contributed by atoms with Gasteiger partial charge in [0.05, 0.1) is 11.1 Å². The molecule has 0 bridgehead atoms. The highest BCUT2D eigenvalue weighted by Crippen LogP contribution is 2.18. The molecule has 114 valence electrons. The van der Waals surface area contributed by atoms with Crippen molar-refractivity contribution in [2.45, 2.75) is 20.8 Å². The van der Waals surface area contributed by atoms with E-state index in [9.17, 15) is 4.79 Å². The Balaban J connectivity index is 2.20. The number of carbonyl (C=O) groups is 1. The summed E-state index contributed by atoms with van der Waals surface area (Å²) >= 11 is 6.07. The fraction of sp³-hybridized carbons (Fsp3) is 0.188. The average molecular weight is 318 g/mol. The SMILES string of the molecule is Cc1ccc(C(=O)O/N=C(/N)c2c(C)cc(C)nc2Cl)cc1. The first-order valence-corrected chi connectivity index (χ1v) is 7.02. The quantitative estimate of drug-likeness (QED) is 0.310. The predicted molar refractivity (Wildman–Crippen MR) is 86.0 cm³/mol. The summed E-state index contributed by atoms with van der Waals surface area (Å²) in [5, 5.41) is 3.89. The zero-order valence-corrected chi connectivity index (χ0v) is 13.3. The molecule has 22 heavy (non-hydrogen) atoms. The Morgan fingerprint density at radius 1 is 1.23 bits per heavy atom. The van der Waals surface area contributed by atoms with Crippen LogP contribution in [-0.4, -0.2) is 16.8 Å². The van der Waals surface area contributed by atoms with Crippen LogP contribution >= 0.6 is 11.6 Å². The van der Waals surface area contributed by atoms with Gasteiger partial charge in [0.25, 0.3) is 0 Å². The number of hydrogen-bond acceptors (Lipinski definition) is 4. The van der Waals surface area contributed by atoms with Crippen molar-refractivity contribution in [3.63, 3.8) is 0 Å². The van der Waals surface area contributed by atoms with Gasteiger partial charge in [-0.15, -0.1) is 0 Å². The average Bonchev–Trinajstić information content (AvgIpc) is 2.44. The van der Waals surface area contributed by atoms with Crippen molar-refractivity contribution in [1.29, 1.82) is 0 Å². The molecule has 1 aromatic carbocycles. The fourth-order valence-electron chi connectivity index (χ4n) is 1.98. The zero-order valence-electron chi connectivity index (χ0n) is 12.6. The van der Waals surface area contributed by atoms with Crippen molar-refractivity contribution in [3.8, 4) is 0 Å². The number of amidine groups is 1. The van der Waals surface area contributed by atoms with Crippen LogP contribution in [0.2, 0.25) is 5.15 Å². The molecule has 2 N–H and O–H groups in total. The summed E-state index contributed by atoms with van der Waals surface area (Å²) < 4.78 is 0. The second-order valence-electron chi connectivity index (χ2n) is 4.97. The van der Waals surface area contributed by atoms with Crippen molar-refractivity contribution < 1.29 is 9.63 Å². The summed E-state index contributed by atoms with van der Waals surface area (Å²) in [5.74, 6) is -0.577. The molecule has 2 rings (SSSR count). The number of halogens is 1. The Morgan fingerprint density at radius 2 is 1.86 bits per heavy atom. The van der Waals surface area contributed by atoms with Crippen molar-refractivity contribution in [1.82, 2.24) is 4.98 Å². The van der Waals surface area contributed by atoms with Gasteiger partial charge in [-0.1, -0.05) is 34.5 Å². The van der Waals surface area contributed by atoms with Gasteiger partial charge in [0.1, 0.15) is 5.15 Å². The molecule has 0 spiro atoms. The third-order valence-electron chi connectivity index (χ3n) is 3.07. The molecule has 0 atom stereocenters. The van der Waals surface area contributed by atoms with Gasteiger partial charge >= 0.3 is 5.97 Å². The lowest BCUT2D eigenvalue weighted by Crippen LogP contribution is -2.18. The second-order valence-corrected chi connectivity index (χ2v) is 5.33. The van der Waals surface area contributed by atoms with Gasteiger partial charge in [0.15, 0.2) is 5.84 Å². The Bertz CT molecular complexity index is 717. The molecule has 5 nitrogen and oxygen atoms in total. The Morgan fingerprint density at radius 3 is 2.45 bits per heavy atom. The van der Waals surface area contributed by atoms with Crippen molar-refractivity contribution in [2.75, 3.05) is 0 Å². The van der Waals surface area contributed by atoms with E-state index in [1.807, 2.05) is 39.0 Å². The van der Waals surface area contributed by atoms with E-state index in [-0.39, 0.29) is 11.0 Å². The minimum absolute atomic E-state index is 0.00969. The van der Waals surface area contributed by atoms with Crippen molar-refractivity contribution in [2.24, 2.45) is 10.9 Å². The molecule has 0 unspecified atom stereocenters. The first-order valence-electron chi connectivity index (χ1n) is 6.64. The Labute approximate surface area is 133 Å². The van der Waals surface area contributed by atoms with Gasteiger partial charge in [-0.25, -0.2) is 9.78 Å². The van der Waals surface area contributed by atoms with E-state index in [2.05, 4.69) is 10.1 Å². The fourth-order valence-corrected chi connectivity index (χ4v) is 2.36. The molecule has 0 saturated carbocycles. The summed E-state index contributed by atoms with van der Waals surface area (Å²) in [5.41, 5.74) is 9.34. The number of hydrogen-bond donors (Lipinski definition) is 1. The predicted octanol–water partition coefficient (Wildman–Crippen LogP) is 3.14. The standard InChI is InChI=1S/C16H16ClN3O2/c1-9-4-6-12(7-5-9)16(21)22-20-15(18)13-10(2)8-11(3)19-14(13)17/h4-8H,1-3H3,(H2,18,20). The zero-order chi connectivity index (χ0) is 16.3. The first kappa shape index (κ1) is 16.0. The van der Waals surface area contributed by atoms with E-state index in [1.165, 1.54) is 0 Å². The molecule has 2 aromatic rings. The van der Waals surface area contributed by atoms with Crippen LogP contribution in [0.5, 0.6) is 0 Å². The second kappa shape index (κ2) is 6.58. The van der Waals surface area contributed by atoms with Crippen molar-refractivity contribution in [3.05, 3.63) is 63.4 Å². The van der Waals surface area contributed by atoms with Crippen LogP contribution in [0.4, 0.5) is 0 Å². The summed E-state index contributed by atoms with van der Waals surface area (Å²) in [4.78, 5) is 20.9. The summed E-state index contributed by atoms with van der Waals surface area (Å²) in [6, 6.07) is 8.78. The third kappa shape index (κ3) is 3.62. The van der Waals surface area contributed by atoms with E-state index in [4.69, 9.17) is 22.2 Å². The highest BCUT2D eigenvalue weighted by Gasteiger charge is 2.13. The molecular weight excluding hydrogens is 302 g/mol. The van der Waals surface area contributed by atoms with Gasteiger partial charge in [-0.2, -0.15) is 0 Å². The molecule has 0 aliphatic carbocycles. The Kier molecular flexibility index (Phi) is 4.78. The molecule has 1 heterocycles. The van der Waals surface area contributed by atoms with Gasteiger partial charge in [0, 0.05) is 5.69 Å². The monoisotopic (exact) mass is 317 g/mol. The van der Waals surface area contributed by atoms with Crippen LogP contribution in [0.1, 0.15) is 32.7 Å². The van der Waals surface area contributed by atoms with Crippen LogP contribution < -0.4 is 5.73 Å². The molecule has 0 aliphatic heterocycles. The number of benzene rings is 1. The maximum atomic E-state index is 11.9. The molecule has 0 fully saturated rings. The number of aromatic nitrogens is 1. The van der Waals surface area contributed by atoms with Crippen LogP contribution in [0.3, 0.4) is 0 Å². The van der Waals surface area contributed by atoms with Gasteiger partial charge < -0.3 is 10.6 Å². The van der Waals surface area contributed by atoms with Gasteiger partial charge in [0.2, 0.25) is 0 Å². The summed E-state index contributed by atoms with van der Waals surface area (Å²) in [6.45, 7) is 5.59. The minimum Gasteiger partial charge on any atom is -0.380 e. The highest BCUT2D eigenvalue weighted by molar-refractivity contribution is 6.33. The number of nitrogens with zero attached hydrogens (tertiary/aromatic N) is 2. The highest BCUT2D eigenvalue weighted by atomic mass is 35.5. The number of aryl methyl sites for hydroxylation is 3. The lowest BCUT2D eigenvalue weighted by Gasteiger charge is -2.07. The first-order chi connectivity index (χ1) is 10.4. The van der Waals surface area contributed by atoms with Crippen LogP contribution in [-0.2, 0) is 4.84 Å². The molecule has 6 heteroatoms. The largest absolute Gasteiger partial charge is 0.380 e. The van der Waals surface area contributed by atoms with E-state index in [1.54, 1.807) is 12.1 Å². The molecule has 1 aromatic heterocycles. The van der Waals surface area contributed by atoms with Gasteiger partial charge in [-0.05, 0) is 44.5 Å². The summed E-state index contributed by atoms with van der Waals surface area (Å²) in [6.07, 6.45) is 0. The number of carbonyl (C=O) groups excluding carboxylic acids is 1. The van der Waals surface area contributed by atoms with Crippen LogP contribution in [0.25, 0.3) is 0 Å². The molecular formula is C16H16ClN3O2. The lowest BCUT2D eigenvalue weighted by molar-refractivity contribution is 0.0516. The number of rotatable bonds is 3. The maximum absolute atomic E-state index is 11.9. The number of oxime groups is 1. The Hall–Kier alpha value is -2.40. The smallest absolute Gasteiger partial charge is 0.365 e. The topological polar surface area (TPSA) is 77.6 Å². The number of pyridine rings is 1. The maximum Gasteiger partial charge on any atom is 0.365 e. The summed E-state index contributed by atoms with van der Waals surface area (Å²) in [7, 11) is 0. The third-order valence-corrected chi connectivity index (χ3v) is 3.34. The minimum atomic E-state index is -0.586. The van der Waals surface area contributed by atoms with E-state index < -0.39 is 5.97 Å². The van der Waals surface area contributed by atoms with Crippen LogP contribution in [0, 0.1) is 20.8 Å². The molecule has 0 amide bonds. The molecule has 0 aliphatic rings. The van der Waals surface area contributed by atoms with Crippen molar-refractivity contribution >= 4 is 23.4 Å². The van der Waals surface area contributed by atoms with E-state index in [0.29, 0.717) is 11.1 Å².